The Balaban J connectivity index is 1.75. The zero-order valence-electron chi connectivity index (χ0n) is 15.1. The van der Waals surface area contributed by atoms with Crippen LogP contribution in [-0.2, 0) is 17.9 Å². The minimum absolute atomic E-state index is 0.0285. The summed E-state index contributed by atoms with van der Waals surface area (Å²) in [5, 5.41) is 3.63. The van der Waals surface area contributed by atoms with Crippen LogP contribution in [0.3, 0.4) is 0 Å². The number of hydrogen-bond donors (Lipinski definition) is 1. The second-order valence-electron chi connectivity index (χ2n) is 6.41. The number of furan rings is 1. The van der Waals surface area contributed by atoms with E-state index in [1.165, 1.54) is 18.5 Å². The van der Waals surface area contributed by atoms with Crippen LogP contribution in [0.4, 0.5) is 13.2 Å². The molecule has 0 aliphatic carbocycles. The van der Waals surface area contributed by atoms with Gasteiger partial charge in [-0.1, -0.05) is 29.4 Å². The largest absolute Gasteiger partial charge is 0.461 e. The summed E-state index contributed by atoms with van der Waals surface area (Å²) in [7, 11) is 0. The minimum atomic E-state index is -4.64. The summed E-state index contributed by atoms with van der Waals surface area (Å²) in [5.41, 5.74) is 8.88. The van der Waals surface area contributed by atoms with E-state index in [1.54, 1.807) is 18.3 Å². The molecule has 0 spiro atoms. The molecule has 4 rings (SSSR count). The Hall–Kier alpha value is -3.33. The summed E-state index contributed by atoms with van der Waals surface area (Å²) in [6.45, 7) is 0.167. The van der Waals surface area contributed by atoms with Crippen molar-refractivity contribution in [1.29, 1.82) is 0 Å². The van der Waals surface area contributed by atoms with Crippen LogP contribution in [0.25, 0.3) is 11.1 Å². The Morgan fingerprint density at radius 1 is 1.03 bits per heavy atom. The highest BCUT2D eigenvalue weighted by Gasteiger charge is 2.51. The van der Waals surface area contributed by atoms with Gasteiger partial charge in [-0.3, -0.25) is 4.98 Å². The zero-order chi connectivity index (χ0) is 20.4. The molecule has 0 saturated heterocycles. The van der Waals surface area contributed by atoms with Gasteiger partial charge in [-0.05, 0) is 40.5 Å². The molecule has 9 heteroatoms. The van der Waals surface area contributed by atoms with Crippen molar-refractivity contribution < 1.29 is 22.4 Å². The van der Waals surface area contributed by atoms with Gasteiger partial charge >= 0.3 is 6.18 Å². The Morgan fingerprint density at radius 3 is 2.55 bits per heavy atom. The fourth-order valence-electron chi connectivity index (χ4n) is 3.27. The van der Waals surface area contributed by atoms with Gasteiger partial charge in [0.05, 0.1) is 12.8 Å². The molecule has 6 nitrogen and oxygen atoms in total. The number of oxime groups is 1. The Labute approximate surface area is 164 Å². The first-order chi connectivity index (χ1) is 14.0. The summed E-state index contributed by atoms with van der Waals surface area (Å²) < 4.78 is 45.9. The number of halogens is 3. The molecule has 1 atom stereocenters. The van der Waals surface area contributed by atoms with Gasteiger partial charge in [0, 0.05) is 18.9 Å². The maximum Gasteiger partial charge on any atom is 0.448 e. The molecule has 0 saturated carbocycles. The highest BCUT2D eigenvalue weighted by atomic mass is 19.4. The lowest BCUT2D eigenvalue weighted by Gasteiger charge is -2.27. The number of amidine groups is 1. The third-order valence-electron chi connectivity index (χ3n) is 4.59. The Kier molecular flexibility index (Phi) is 4.98. The van der Waals surface area contributed by atoms with E-state index in [1.807, 2.05) is 24.3 Å². The van der Waals surface area contributed by atoms with Gasteiger partial charge in [0.1, 0.15) is 0 Å². The number of benzene rings is 1. The number of nitrogens with zero attached hydrogens (tertiary/aromatic N) is 3. The van der Waals surface area contributed by atoms with Crippen molar-refractivity contribution in [2.75, 3.05) is 0 Å². The molecular weight excluding hydrogens is 385 g/mol. The van der Waals surface area contributed by atoms with E-state index in [9.17, 15) is 13.2 Å². The fraction of sp³-hybridized carbons (Fsp3) is 0.200. The maximum atomic E-state index is 13.6. The van der Waals surface area contributed by atoms with Crippen LogP contribution in [0.1, 0.15) is 16.9 Å². The van der Waals surface area contributed by atoms with Crippen LogP contribution in [0, 0.1) is 0 Å². The SMILES string of the molecule is NCc1ccccc1-c1ccncc1CN1C(c2ccco2)=NOC1C(F)(F)F. The van der Waals surface area contributed by atoms with Crippen molar-refractivity contribution in [2.24, 2.45) is 10.9 Å². The van der Waals surface area contributed by atoms with Crippen molar-refractivity contribution >= 4 is 5.84 Å². The van der Waals surface area contributed by atoms with Crippen LogP contribution >= 0.6 is 0 Å². The van der Waals surface area contributed by atoms with Crippen LogP contribution < -0.4 is 5.73 Å². The molecule has 1 aliphatic rings. The smallest absolute Gasteiger partial charge is 0.448 e. The van der Waals surface area contributed by atoms with Gasteiger partial charge in [-0.2, -0.15) is 13.2 Å². The first kappa shape index (κ1) is 19.0. The van der Waals surface area contributed by atoms with Crippen molar-refractivity contribution in [3.8, 4) is 11.1 Å². The third-order valence-corrected chi connectivity index (χ3v) is 4.59. The molecule has 2 N–H and O–H groups in total. The van der Waals surface area contributed by atoms with Crippen LogP contribution in [0.5, 0.6) is 0 Å². The van der Waals surface area contributed by atoms with Crippen molar-refractivity contribution in [3.05, 3.63) is 78.0 Å². The molecule has 3 heterocycles. The predicted octanol–water partition coefficient (Wildman–Crippen LogP) is 3.88. The highest BCUT2D eigenvalue weighted by Crippen LogP contribution is 2.34. The van der Waals surface area contributed by atoms with E-state index in [0.717, 1.165) is 21.6 Å². The van der Waals surface area contributed by atoms with Gasteiger partial charge in [0.15, 0.2) is 5.76 Å². The lowest BCUT2D eigenvalue weighted by molar-refractivity contribution is -0.245. The van der Waals surface area contributed by atoms with Crippen molar-refractivity contribution in [2.45, 2.75) is 25.5 Å². The summed E-state index contributed by atoms with van der Waals surface area (Å²) in [6.07, 6.45) is -2.37. The van der Waals surface area contributed by atoms with E-state index in [2.05, 4.69) is 10.1 Å². The molecule has 1 aliphatic heterocycles. The topological polar surface area (TPSA) is 76.9 Å². The monoisotopic (exact) mass is 402 g/mol. The first-order valence-corrected chi connectivity index (χ1v) is 8.81. The van der Waals surface area contributed by atoms with E-state index < -0.39 is 12.4 Å². The fourth-order valence-corrected chi connectivity index (χ4v) is 3.27. The van der Waals surface area contributed by atoms with Gasteiger partial charge in [0.25, 0.3) is 6.23 Å². The van der Waals surface area contributed by atoms with E-state index in [4.69, 9.17) is 15.0 Å². The number of nitrogens with two attached hydrogens (primary N) is 1. The van der Waals surface area contributed by atoms with E-state index in [0.29, 0.717) is 12.1 Å². The van der Waals surface area contributed by atoms with Crippen LogP contribution in [-0.4, -0.2) is 28.1 Å². The predicted molar refractivity (Wildman–Crippen MR) is 99.3 cm³/mol. The number of hydrogen-bond acceptors (Lipinski definition) is 6. The molecule has 1 aromatic carbocycles. The second-order valence-corrected chi connectivity index (χ2v) is 6.41. The molecule has 29 heavy (non-hydrogen) atoms. The molecule has 2 aromatic heterocycles. The average molecular weight is 402 g/mol. The summed E-state index contributed by atoms with van der Waals surface area (Å²) in [4.78, 5) is 9.84. The van der Waals surface area contributed by atoms with Crippen molar-refractivity contribution in [3.63, 3.8) is 0 Å². The van der Waals surface area contributed by atoms with Crippen molar-refractivity contribution in [1.82, 2.24) is 9.88 Å². The summed E-state index contributed by atoms with van der Waals surface area (Å²) >= 11 is 0. The van der Waals surface area contributed by atoms with E-state index >= 15 is 0 Å². The molecular formula is C20H17F3N4O2. The Morgan fingerprint density at radius 2 is 1.83 bits per heavy atom. The summed E-state index contributed by atoms with van der Waals surface area (Å²) in [5.74, 6) is 0.156. The molecule has 0 radical (unpaired) electrons. The highest BCUT2D eigenvalue weighted by molar-refractivity contribution is 5.96. The standard InChI is InChI=1S/C20H17F3N4O2/c21-20(22,23)19-27(18(26-29-19)17-6-3-9-28-17)12-14-11-25-8-7-16(14)15-5-2-1-4-13(15)10-24/h1-9,11,19H,10,12,24H2. The quantitative estimate of drug-likeness (QED) is 0.701. The molecule has 3 aromatic rings. The molecule has 1 unspecified atom stereocenters. The van der Waals surface area contributed by atoms with Gasteiger partial charge in [0.2, 0.25) is 5.84 Å². The summed E-state index contributed by atoms with van der Waals surface area (Å²) in [6, 6.07) is 12.3. The lowest BCUT2D eigenvalue weighted by atomic mass is 9.96. The zero-order valence-corrected chi connectivity index (χ0v) is 15.1. The van der Waals surface area contributed by atoms with E-state index in [-0.39, 0.29) is 18.1 Å². The number of aromatic nitrogens is 1. The number of rotatable bonds is 5. The molecule has 150 valence electrons. The van der Waals surface area contributed by atoms with Crippen LogP contribution in [0.15, 0.2) is 70.7 Å². The van der Waals surface area contributed by atoms with Crippen LogP contribution in [0.2, 0.25) is 0 Å². The lowest BCUT2D eigenvalue weighted by Crippen LogP contribution is -2.45. The number of alkyl halides is 3. The third kappa shape index (κ3) is 3.68. The average Bonchev–Trinajstić information content (AvgIpc) is 3.37. The first-order valence-electron chi connectivity index (χ1n) is 8.81. The van der Waals surface area contributed by atoms with Gasteiger partial charge in [-0.25, -0.2) is 0 Å². The molecule has 0 fully saturated rings. The van der Waals surface area contributed by atoms with Gasteiger partial charge < -0.3 is 19.9 Å². The molecule has 0 bridgehead atoms. The normalized spacial score (nSPS) is 16.6. The Bertz CT molecular complexity index is 1020. The maximum absolute atomic E-state index is 13.6. The minimum Gasteiger partial charge on any atom is -0.461 e. The second kappa shape index (κ2) is 7.59. The molecule has 0 amide bonds. The van der Waals surface area contributed by atoms with Gasteiger partial charge in [-0.15, -0.1) is 0 Å². The number of pyridine rings is 1.